The second-order valence-corrected chi connectivity index (χ2v) is 6.97. The molecule has 1 aliphatic rings. The van der Waals surface area contributed by atoms with Gasteiger partial charge in [0.05, 0.1) is 0 Å². The molecule has 0 saturated carbocycles. The molecule has 2 aromatic rings. The summed E-state index contributed by atoms with van der Waals surface area (Å²) in [6.45, 7) is 9.64. The number of nitrogens with zero attached hydrogens (tertiary/aromatic N) is 2. The number of halogens is 1. The SMILES string of the molecule is Cc1ccc(NC(=S)N2CCN(c3cccc(C)c3C)CC2)cc1F. The highest BCUT2D eigenvalue weighted by molar-refractivity contribution is 7.80. The van der Waals surface area contributed by atoms with E-state index in [2.05, 4.69) is 47.2 Å². The van der Waals surface area contributed by atoms with Gasteiger partial charge in [0, 0.05) is 37.6 Å². The summed E-state index contributed by atoms with van der Waals surface area (Å²) < 4.78 is 13.7. The maximum absolute atomic E-state index is 13.7. The maximum atomic E-state index is 13.7. The summed E-state index contributed by atoms with van der Waals surface area (Å²) in [5, 5.41) is 3.81. The fourth-order valence-corrected chi connectivity index (χ4v) is 3.40. The maximum Gasteiger partial charge on any atom is 0.173 e. The fraction of sp³-hybridized carbons (Fsp3) is 0.350. The van der Waals surface area contributed by atoms with Gasteiger partial charge in [0.25, 0.3) is 0 Å². The lowest BCUT2D eigenvalue weighted by Crippen LogP contribution is -2.50. The molecule has 1 aliphatic heterocycles. The lowest BCUT2D eigenvalue weighted by Gasteiger charge is -2.38. The number of rotatable bonds is 2. The third kappa shape index (κ3) is 3.93. The first kappa shape index (κ1) is 17.7. The molecule has 0 bridgehead atoms. The lowest BCUT2D eigenvalue weighted by molar-refractivity contribution is 0.390. The number of benzene rings is 2. The summed E-state index contributed by atoms with van der Waals surface area (Å²) in [6.07, 6.45) is 0. The van der Waals surface area contributed by atoms with Crippen LogP contribution in [0.5, 0.6) is 0 Å². The van der Waals surface area contributed by atoms with E-state index in [0.717, 1.165) is 26.2 Å². The number of nitrogens with one attached hydrogen (secondary N) is 1. The van der Waals surface area contributed by atoms with Gasteiger partial charge in [-0.1, -0.05) is 18.2 Å². The van der Waals surface area contributed by atoms with Crippen LogP contribution in [0.3, 0.4) is 0 Å². The summed E-state index contributed by atoms with van der Waals surface area (Å²) in [5.74, 6) is -0.215. The number of hydrogen-bond donors (Lipinski definition) is 1. The van der Waals surface area contributed by atoms with Gasteiger partial charge in [-0.3, -0.25) is 0 Å². The van der Waals surface area contributed by atoms with Crippen LogP contribution < -0.4 is 10.2 Å². The Morgan fingerprint density at radius 1 is 1.00 bits per heavy atom. The minimum Gasteiger partial charge on any atom is -0.368 e. The van der Waals surface area contributed by atoms with Crippen LogP contribution in [-0.2, 0) is 0 Å². The summed E-state index contributed by atoms with van der Waals surface area (Å²) in [7, 11) is 0. The average molecular weight is 357 g/mol. The molecule has 0 aromatic heterocycles. The minimum absolute atomic E-state index is 0.215. The van der Waals surface area contributed by atoms with Crippen molar-refractivity contribution in [2.45, 2.75) is 20.8 Å². The Morgan fingerprint density at radius 2 is 1.72 bits per heavy atom. The van der Waals surface area contributed by atoms with Crippen molar-refractivity contribution < 1.29 is 4.39 Å². The Bertz CT molecular complexity index is 783. The van der Waals surface area contributed by atoms with Gasteiger partial charge in [-0.2, -0.15) is 0 Å². The van der Waals surface area contributed by atoms with Crippen molar-refractivity contribution in [3.8, 4) is 0 Å². The molecule has 3 rings (SSSR count). The van der Waals surface area contributed by atoms with Gasteiger partial charge in [0.2, 0.25) is 0 Å². The first-order chi connectivity index (χ1) is 12.0. The summed E-state index contributed by atoms with van der Waals surface area (Å²) >= 11 is 5.51. The molecular formula is C20H24FN3S. The highest BCUT2D eigenvalue weighted by Gasteiger charge is 2.20. The quantitative estimate of drug-likeness (QED) is 0.809. The van der Waals surface area contributed by atoms with Gasteiger partial charge in [-0.15, -0.1) is 0 Å². The van der Waals surface area contributed by atoms with E-state index < -0.39 is 0 Å². The standard InChI is InChI=1S/C20H24FN3S/c1-14-5-4-6-19(16(14)3)23-9-11-24(12-10-23)20(25)22-17-8-7-15(2)18(21)13-17/h4-8,13H,9-12H2,1-3H3,(H,22,25). The molecule has 1 N–H and O–H groups in total. The van der Waals surface area contributed by atoms with Gasteiger partial charge in [-0.05, 0) is 67.9 Å². The molecule has 0 radical (unpaired) electrons. The molecule has 0 amide bonds. The van der Waals surface area contributed by atoms with E-state index in [1.54, 1.807) is 13.0 Å². The zero-order chi connectivity index (χ0) is 18.0. The molecule has 5 heteroatoms. The van der Waals surface area contributed by atoms with E-state index in [1.807, 2.05) is 6.07 Å². The molecule has 1 saturated heterocycles. The van der Waals surface area contributed by atoms with Crippen molar-refractivity contribution in [1.82, 2.24) is 4.90 Å². The molecule has 1 heterocycles. The molecule has 25 heavy (non-hydrogen) atoms. The fourth-order valence-electron chi connectivity index (χ4n) is 3.10. The van der Waals surface area contributed by atoms with E-state index >= 15 is 0 Å². The largest absolute Gasteiger partial charge is 0.368 e. The topological polar surface area (TPSA) is 18.5 Å². The van der Waals surface area contributed by atoms with Crippen LogP contribution in [0.15, 0.2) is 36.4 Å². The van der Waals surface area contributed by atoms with Crippen molar-refractivity contribution in [2.75, 3.05) is 36.4 Å². The van der Waals surface area contributed by atoms with Crippen LogP contribution >= 0.6 is 12.2 Å². The van der Waals surface area contributed by atoms with E-state index in [9.17, 15) is 4.39 Å². The highest BCUT2D eigenvalue weighted by atomic mass is 32.1. The first-order valence-electron chi connectivity index (χ1n) is 8.59. The summed E-state index contributed by atoms with van der Waals surface area (Å²) in [4.78, 5) is 4.56. The van der Waals surface area contributed by atoms with Crippen molar-refractivity contribution in [1.29, 1.82) is 0 Å². The van der Waals surface area contributed by atoms with E-state index in [4.69, 9.17) is 12.2 Å². The molecular weight excluding hydrogens is 333 g/mol. The smallest absolute Gasteiger partial charge is 0.173 e. The Labute approximate surface area is 154 Å². The van der Waals surface area contributed by atoms with Crippen LogP contribution in [0, 0.1) is 26.6 Å². The van der Waals surface area contributed by atoms with Crippen molar-refractivity contribution >= 4 is 28.7 Å². The third-order valence-electron chi connectivity index (χ3n) is 4.91. The van der Waals surface area contributed by atoms with Crippen LogP contribution in [0.4, 0.5) is 15.8 Å². The second-order valence-electron chi connectivity index (χ2n) is 6.59. The Morgan fingerprint density at radius 3 is 2.40 bits per heavy atom. The lowest BCUT2D eigenvalue weighted by atomic mass is 10.1. The molecule has 3 nitrogen and oxygen atoms in total. The monoisotopic (exact) mass is 357 g/mol. The van der Waals surface area contributed by atoms with E-state index in [-0.39, 0.29) is 5.82 Å². The molecule has 0 atom stereocenters. The molecule has 0 unspecified atom stereocenters. The van der Waals surface area contributed by atoms with Gasteiger partial charge >= 0.3 is 0 Å². The van der Waals surface area contributed by atoms with Crippen LogP contribution in [0.1, 0.15) is 16.7 Å². The summed E-state index contributed by atoms with van der Waals surface area (Å²) in [6, 6.07) is 11.6. The highest BCUT2D eigenvalue weighted by Crippen LogP contribution is 2.24. The van der Waals surface area contributed by atoms with Crippen molar-refractivity contribution in [3.63, 3.8) is 0 Å². The van der Waals surface area contributed by atoms with Gasteiger partial charge in [-0.25, -0.2) is 4.39 Å². The normalized spacial score (nSPS) is 14.6. The Kier molecular flexibility index (Phi) is 5.23. The Hall–Kier alpha value is -2.14. The van der Waals surface area contributed by atoms with E-state index in [1.165, 1.54) is 22.9 Å². The number of anilines is 2. The number of thiocarbonyl (C=S) groups is 1. The predicted octanol–water partition coefficient (Wildman–Crippen LogP) is 4.27. The molecule has 132 valence electrons. The number of aryl methyl sites for hydroxylation is 2. The van der Waals surface area contributed by atoms with Gasteiger partial charge < -0.3 is 15.1 Å². The zero-order valence-corrected chi connectivity index (χ0v) is 15.8. The minimum atomic E-state index is -0.215. The Balaban J connectivity index is 1.60. The molecule has 0 aliphatic carbocycles. The average Bonchev–Trinajstić information content (AvgIpc) is 2.61. The summed E-state index contributed by atoms with van der Waals surface area (Å²) in [5.41, 5.74) is 5.30. The first-order valence-corrected chi connectivity index (χ1v) is 9.00. The van der Waals surface area contributed by atoms with Crippen molar-refractivity contribution in [3.05, 3.63) is 58.9 Å². The van der Waals surface area contributed by atoms with Crippen LogP contribution in [-0.4, -0.2) is 36.2 Å². The molecule has 0 spiro atoms. The van der Waals surface area contributed by atoms with Gasteiger partial charge in [0.1, 0.15) is 5.82 Å². The van der Waals surface area contributed by atoms with Crippen LogP contribution in [0.25, 0.3) is 0 Å². The second kappa shape index (κ2) is 7.40. The molecule has 1 fully saturated rings. The molecule has 2 aromatic carbocycles. The zero-order valence-electron chi connectivity index (χ0n) is 15.0. The van der Waals surface area contributed by atoms with Gasteiger partial charge in [0.15, 0.2) is 5.11 Å². The predicted molar refractivity (Wildman–Crippen MR) is 107 cm³/mol. The number of piperazine rings is 1. The number of hydrogen-bond acceptors (Lipinski definition) is 2. The third-order valence-corrected chi connectivity index (χ3v) is 5.27. The van der Waals surface area contributed by atoms with Crippen LogP contribution in [0.2, 0.25) is 0 Å². The van der Waals surface area contributed by atoms with E-state index in [0.29, 0.717) is 16.4 Å². The van der Waals surface area contributed by atoms with Crippen molar-refractivity contribution in [2.24, 2.45) is 0 Å².